The van der Waals surface area contributed by atoms with Crippen molar-refractivity contribution in [1.29, 1.82) is 0 Å². The first-order valence-corrected chi connectivity index (χ1v) is 13.2. The van der Waals surface area contributed by atoms with Gasteiger partial charge in [-0.2, -0.15) is 0 Å². The summed E-state index contributed by atoms with van der Waals surface area (Å²) in [5.74, 6) is 0.942. The maximum absolute atomic E-state index is 6.27. The normalized spacial score (nSPS) is 13.0. The maximum Gasteiger partial charge on any atom is 0.188 e. The zero-order valence-electron chi connectivity index (χ0n) is 22.7. The summed E-state index contributed by atoms with van der Waals surface area (Å²) in [7, 11) is 2.10. The predicted molar refractivity (Wildman–Crippen MR) is 153 cm³/mol. The molecule has 0 aliphatic heterocycles. The number of hydrogen-bond acceptors (Lipinski definition) is 3. The van der Waals surface area contributed by atoms with Gasteiger partial charge in [0.25, 0.3) is 0 Å². The number of aliphatic imine (C=N–C) groups is 1. The Morgan fingerprint density at radius 3 is 2.17 bits per heavy atom. The van der Waals surface area contributed by atoms with Crippen LogP contribution in [0.4, 0.5) is 5.69 Å². The van der Waals surface area contributed by atoms with Crippen LogP contribution in [0.25, 0.3) is 0 Å². The predicted octanol–water partition coefficient (Wildman–Crippen LogP) is 7.34. The molecule has 0 saturated carbocycles. The zero-order chi connectivity index (χ0) is 25.8. The average molecular weight is 490 g/mol. The van der Waals surface area contributed by atoms with E-state index in [1.54, 1.807) is 7.11 Å². The van der Waals surface area contributed by atoms with Crippen LogP contribution in [-0.4, -0.2) is 19.6 Å². The molecule has 0 aliphatic carbocycles. The van der Waals surface area contributed by atoms with Gasteiger partial charge >= 0.3 is 0 Å². The number of benzene rings is 3. The smallest absolute Gasteiger partial charge is 0.188 e. The molecule has 0 saturated heterocycles. The Kier molecular flexibility index (Phi) is 8.57. The third-order valence-electron chi connectivity index (χ3n) is 6.06. The minimum Gasteiger partial charge on any atom is -0.467 e. The highest BCUT2D eigenvalue weighted by Crippen LogP contribution is 2.37. The minimum atomic E-state index is -0.0667. The molecule has 1 unspecified atom stereocenters. The molecule has 3 aromatic carbocycles. The van der Waals surface area contributed by atoms with Crippen LogP contribution in [0.5, 0.6) is 5.75 Å². The first-order valence-electron chi connectivity index (χ1n) is 12.2. The molecule has 0 aliphatic rings. The van der Waals surface area contributed by atoms with E-state index in [4.69, 9.17) is 14.5 Å². The lowest BCUT2D eigenvalue weighted by Crippen LogP contribution is -2.24. The second kappa shape index (κ2) is 11.1. The molecule has 0 radical (unpaired) electrons. The molecule has 0 fully saturated rings. The van der Waals surface area contributed by atoms with E-state index in [1.807, 2.05) is 30.3 Å². The summed E-state index contributed by atoms with van der Waals surface area (Å²) in [5.41, 5.74) is 6.93. The van der Waals surface area contributed by atoms with Crippen molar-refractivity contribution in [1.82, 2.24) is 0 Å². The van der Waals surface area contributed by atoms with Crippen molar-refractivity contribution in [3.8, 4) is 5.75 Å². The molecule has 3 rings (SSSR count). The highest BCUT2D eigenvalue weighted by Gasteiger charge is 2.27. The average Bonchev–Trinajstić information content (AvgIpc) is 2.78. The van der Waals surface area contributed by atoms with E-state index in [1.165, 1.54) is 32.9 Å². The van der Waals surface area contributed by atoms with Gasteiger partial charge in [-0.1, -0.05) is 92.6 Å². The van der Waals surface area contributed by atoms with Crippen LogP contribution < -0.4 is 15.3 Å². The lowest BCUT2D eigenvalue weighted by Gasteiger charge is -2.29. The second-order valence-electron chi connectivity index (χ2n) is 11.1. The molecule has 1 atom stereocenters. The molecule has 3 aromatic rings. The standard InChI is InChI=1S/C31H40NO2P/c1-21-14-13-17-25(22(2)32-24-15-11-10-12-16-24)29(21)35-27-19-23(30(3,4)5)18-26(31(6,7)8)28(27)34-20-33-9/h10-19,35H,20H2,1-9H3/b32-22+. The fourth-order valence-corrected chi connectivity index (χ4v) is 5.51. The fourth-order valence-electron chi connectivity index (χ4n) is 4.01. The number of hydrogen-bond donors (Lipinski definition) is 0. The van der Waals surface area contributed by atoms with Gasteiger partial charge in [0.2, 0.25) is 0 Å². The maximum atomic E-state index is 6.27. The van der Waals surface area contributed by atoms with Crippen molar-refractivity contribution in [3.63, 3.8) is 0 Å². The molecule has 35 heavy (non-hydrogen) atoms. The first kappa shape index (κ1) is 27.1. The van der Waals surface area contributed by atoms with Gasteiger partial charge in [0.05, 0.1) is 5.69 Å². The highest BCUT2D eigenvalue weighted by atomic mass is 31.1. The Labute approximate surface area is 213 Å². The third kappa shape index (κ3) is 6.81. The van der Waals surface area contributed by atoms with E-state index in [0.29, 0.717) is 8.58 Å². The molecule has 4 heteroatoms. The number of ether oxygens (including phenoxy) is 2. The van der Waals surface area contributed by atoms with Crippen molar-refractivity contribution in [2.24, 2.45) is 4.99 Å². The second-order valence-corrected chi connectivity index (χ2v) is 12.4. The van der Waals surface area contributed by atoms with Gasteiger partial charge in [0, 0.05) is 29.3 Å². The largest absolute Gasteiger partial charge is 0.467 e. The quantitative estimate of drug-likeness (QED) is 0.197. The van der Waals surface area contributed by atoms with Gasteiger partial charge in [-0.15, -0.1) is 0 Å². The van der Waals surface area contributed by atoms with Crippen LogP contribution in [0.1, 0.15) is 70.7 Å². The van der Waals surface area contributed by atoms with Crippen molar-refractivity contribution < 1.29 is 9.47 Å². The van der Waals surface area contributed by atoms with Crippen LogP contribution in [-0.2, 0) is 15.6 Å². The minimum absolute atomic E-state index is 0.0261. The van der Waals surface area contributed by atoms with E-state index in [9.17, 15) is 0 Å². The Bertz CT molecular complexity index is 1190. The van der Waals surface area contributed by atoms with Gasteiger partial charge < -0.3 is 9.47 Å². The summed E-state index contributed by atoms with van der Waals surface area (Å²) in [6, 6.07) is 21.3. The molecule has 3 nitrogen and oxygen atoms in total. The van der Waals surface area contributed by atoms with Gasteiger partial charge in [-0.05, 0) is 59.3 Å². The first-order chi connectivity index (χ1) is 16.4. The van der Waals surface area contributed by atoms with E-state index >= 15 is 0 Å². The SMILES string of the molecule is COCOc1c(Pc2c(C)cccc2/C(C)=N/c2ccccc2)cc(C(C)(C)C)cc1C(C)(C)C. The summed E-state index contributed by atoms with van der Waals surface area (Å²) >= 11 is 0. The van der Waals surface area contributed by atoms with Gasteiger partial charge in [-0.3, -0.25) is 4.99 Å². The van der Waals surface area contributed by atoms with Crippen molar-refractivity contribution in [2.75, 3.05) is 13.9 Å². The molecule has 0 heterocycles. The van der Waals surface area contributed by atoms with Gasteiger partial charge in [0.15, 0.2) is 6.79 Å². The third-order valence-corrected chi connectivity index (χ3v) is 7.61. The van der Waals surface area contributed by atoms with Crippen molar-refractivity contribution in [2.45, 2.75) is 66.2 Å². The van der Waals surface area contributed by atoms with Crippen LogP contribution in [0, 0.1) is 6.92 Å². The Morgan fingerprint density at radius 2 is 1.57 bits per heavy atom. The lowest BCUT2D eigenvalue weighted by molar-refractivity contribution is 0.0506. The number of methoxy groups -OCH3 is 1. The molecule has 0 bridgehead atoms. The summed E-state index contributed by atoms with van der Waals surface area (Å²) in [6.45, 7) is 18.1. The summed E-state index contributed by atoms with van der Waals surface area (Å²) in [4.78, 5) is 4.93. The molecule has 0 N–H and O–H groups in total. The number of nitrogens with zero attached hydrogens (tertiary/aromatic N) is 1. The lowest BCUT2D eigenvalue weighted by atomic mass is 9.80. The molecule has 0 spiro atoms. The summed E-state index contributed by atoms with van der Waals surface area (Å²) in [5, 5.41) is 2.51. The Morgan fingerprint density at radius 1 is 0.886 bits per heavy atom. The van der Waals surface area contributed by atoms with Crippen LogP contribution in [0.15, 0.2) is 65.7 Å². The number of rotatable bonds is 7. The Hall–Kier alpha value is -2.48. The molecule has 186 valence electrons. The highest BCUT2D eigenvalue weighted by molar-refractivity contribution is 7.56. The molecular formula is C31H40NO2P. The van der Waals surface area contributed by atoms with Crippen LogP contribution in [0.2, 0.25) is 0 Å². The van der Waals surface area contributed by atoms with Crippen molar-refractivity contribution >= 4 is 30.6 Å². The van der Waals surface area contributed by atoms with E-state index in [0.717, 1.165) is 17.1 Å². The molecule has 0 amide bonds. The van der Waals surface area contributed by atoms with Crippen LogP contribution >= 0.6 is 8.58 Å². The van der Waals surface area contributed by atoms with E-state index in [-0.39, 0.29) is 17.6 Å². The zero-order valence-corrected chi connectivity index (χ0v) is 23.7. The topological polar surface area (TPSA) is 30.8 Å². The molecule has 0 aromatic heterocycles. The number of para-hydroxylation sites is 1. The van der Waals surface area contributed by atoms with Gasteiger partial charge in [0.1, 0.15) is 5.75 Å². The number of aryl methyl sites for hydroxylation is 1. The fraction of sp³-hybridized carbons (Fsp3) is 0.387. The summed E-state index contributed by atoms with van der Waals surface area (Å²) < 4.78 is 11.6. The van der Waals surface area contributed by atoms with E-state index < -0.39 is 0 Å². The van der Waals surface area contributed by atoms with E-state index in [2.05, 4.69) is 85.7 Å². The van der Waals surface area contributed by atoms with Crippen molar-refractivity contribution in [3.05, 3.63) is 82.9 Å². The van der Waals surface area contributed by atoms with Gasteiger partial charge in [-0.25, -0.2) is 0 Å². The van der Waals surface area contributed by atoms with Crippen LogP contribution in [0.3, 0.4) is 0 Å². The Balaban J connectivity index is 2.20. The summed E-state index contributed by atoms with van der Waals surface area (Å²) in [6.07, 6.45) is 0. The monoisotopic (exact) mass is 489 g/mol. The molecular weight excluding hydrogens is 449 g/mol.